The number of alkyl carbamates (subject to hydrolysis) is 1. The summed E-state index contributed by atoms with van der Waals surface area (Å²) in [7, 11) is 4.41. The minimum absolute atomic E-state index is 0.103. The fourth-order valence-electron chi connectivity index (χ4n) is 6.69. The fourth-order valence-corrected chi connectivity index (χ4v) is 7.44. The van der Waals surface area contributed by atoms with Crippen molar-refractivity contribution in [2.75, 3.05) is 41.0 Å². The quantitative estimate of drug-likeness (QED) is 0.120. The number of carbonyl (C=O) groups is 4. The third kappa shape index (κ3) is 12.9. The van der Waals surface area contributed by atoms with Crippen LogP contribution in [0.3, 0.4) is 0 Å². The summed E-state index contributed by atoms with van der Waals surface area (Å²) in [5, 5.41) is 22.1. The molecular formula is C41H59N7O8S. The van der Waals surface area contributed by atoms with Crippen LogP contribution >= 0.6 is 11.3 Å². The van der Waals surface area contributed by atoms with Crippen molar-refractivity contribution in [2.45, 2.75) is 91.4 Å². The molecule has 2 aromatic carbocycles. The molecule has 0 radical (unpaired) electrons. The number of amides is 5. The van der Waals surface area contributed by atoms with Crippen LogP contribution in [0.4, 0.5) is 9.59 Å². The maximum Gasteiger partial charge on any atom is 0.407 e. The van der Waals surface area contributed by atoms with Crippen LogP contribution in [0, 0.1) is 11.3 Å². The van der Waals surface area contributed by atoms with Crippen LogP contribution in [0.1, 0.15) is 62.9 Å². The minimum atomic E-state index is -1.20. The van der Waals surface area contributed by atoms with Crippen molar-refractivity contribution in [3.63, 3.8) is 0 Å². The molecule has 0 saturated carbocycles. The maximum absolute atomic E-state index is 14.5. The zero-order valence-corrected chi connectivity index (χ0v) is 35.1. The number of methoxy groups -OCH3 is 3. The predicted molar refractivity (Wildman–Crippen MR) is 217 cm³/mol. The summed E-state index contributed by atoms with van der Waals surface area (Å²) in [6.45, 7) is 11.0. The Bertz CT molecular complexity index is 1750. The highest BCUT2D eigenvalue weighted by atomic mass is 32.1. The maximum atomic E-state index is 14.5. The van der Waals surface area contributed by atoms with Gasteiger partial charge in [0.1, 0.15) is 22.8 Å². The lowest BCUT2D eigenvalue weighted by Gasteiger charge is -2.36. The second-order valence-electron chi connectivity index (χ2n) is 15.4. The summed E-state index contributed by atoms with van der Waals surface area (Å²) >= 11 is 1.47. The lowest BCUT2D eigenvalue weighted by atomic mass is 9.86. The van der Waals surface area contributed by atoms with Gasteiger partial charge in [-0.1, -0.05) is 83.5 Å². The van der Waals surface area contributed by atoms with Crippen molar-refractivity contribution in [1.29, 1.82) is 0 Å². The molecule has 0 spiro atoms. The van der Waals surface area contributed by atoms with E-state index in [0.717, 1.165) is 21.8 Å². The number of aliphatic hydroxyl groups is 1. The lowest BCUT2D eigenvalue weighted by molar-refractivity contribution is -0.132. The first-order valence-electron chi connectivity index (χ1n) is 19.2. The molecular weight excluding hydrogens is 751 g/mol. The summed E-state index contributed by atoms with van der Waals surface area (Å²) < 4.78 is 15.3. The van der Waals surface area contributed by atoms with Crippen molar-refractivity contribution >= 4 is 35.3 Å². The molecule has 1 saturated heterocycles. The van der Waals surface area contributed by atoms with Crippen molar-refractivity contribution in [1.82, 2.24) is 35.9 Å². The Balaban J connectivity index is 1.60. The lowest BCUT2D eigenvalue weighted by Crippen LogP contribution is -2.60. The van der Waals surface area contributed by atoms with Gasteiger partial charge in [0.25, 0.3) is 5.91 Å². The molecule has 15 nitrogen and oxygen atoms in total. The van der Waals surface area contributed by atoms with Gasteiger partial charge in [-0.2, -0.15) is 0 Å². The van der Waals surface area contributed by atoms with E-state index in [4.69, 9.17) is 14.2 Å². The number of hydrazine groups is 1. The van der Waals surface area contributed by atoms with Gasteiger partial charge in [-0.25, -0.2) is 19.6 Å². The van der Waals surface area contributed by atoms with Gasteiger partial charge in [-0.3, -0.25) is 15.0 Å². The highest BCUT2D eigenvalue weighted by molar-refractivity contribution is 7.09. The number of thiazole rings is 1. The van der Waals surface area contributed by atoms with Gasteiger partial charge >= 0.3 is 12.1 Å². The zero-order chi connectivity index (χ0) is 41.7. The first-order valence-corrected chi connectivity index (χ1v) is 20.1. The number of nitrogens with one attached hydrogen (secondary N) is 3. The number of nitrogens with zero attached hydrogens (tertiary/aromatic N) is 4. The molecule has 16 heteroatoms. The summed E-state index contributed by atoms with van der Waals surface area (Å²) in [5.74, 6) is -0.432. The van der Waals surface area contributed by atoms with E-state index in [9.17, 15) is 24.3 Å². The minimum Gasteiger partial charge on any atom is -0.497 e. The molecule has 0 aliphatic carbocycles. The topological polar surface area (TPSA) is 175 Å². The average Bonchev–Trinajstić information content (AvgIpc) is 3.78. The van der Waals surface area contributed by atoms with Gasteiger partial charge in [-0.05, 0) is 41.0 Å². The monoisotopic (exact) mass is 809 g/mol. The van der Waals surface area contributed by atoms with Crippen LogP contribution in [-0.4, -0.2) is 114 Å². The van der Waals surface area contributed by atoms with Crippen LogP contribution in [-0.2, 0) is 45.2 Å². The van der Waals surface area contributed by atoms with Crippen LogP contribution in [0.2, 0.25) is 0 Å². The summed E-state index contributed by atoms with van der Waals surface area (Å²) in [5.41, 5.74) is 4.66. The largest absolute Gasteiger partial charge is 0.497 e. The van der Waals surface area contributed by atoms with E-state index >= 15 is 0 Å². The Hall–Kier alpha value is -4.77. The SMILES string of the molecule is CCC(C)C(C(=O)NC(Cc1ccccc1)C(O)CN(Cc1ccc(OC)cc1)NC(=O)C(NC(=O)OC)C(C)(C)C)N1CCN(Cc2csc(COC)n2)C1=O. The molecule has 5 unspecified atom stereocenters. The van der Waals surface area contributed by atoms with Crippen LogP contribution in [0.15, 0.2) is 60.0 Å². The fraction of sp³-hybridized carbons (Fsp3) is 0.537. The Morgan fingerprint density at radius 3 is 2.30 bits per heavy atom. The number of aliphatic hydroxyl groups excluding tert-OH is 1. The highest BCUT2D eigenvalue weighted by Gasteiger charge is 2.41. The third-order valence-corrected chi connectivity index (χ3v) is 10.9. The van der Waals surface area contributed by atoms with E-state index in [2.05, 4.69) is 21.0 Å². The third-order valence-electron chi connectivity index (χ3n) is 10.0. The average molecular weight is 810 g/mol. The van der Waals surface area contributed by atoms with E-state index in [1.54, 1.807) is 41.2 Å². The normalized spacial score (nSPS) is 15.8. The molecule has 5 amide bonds. The van der Waals surface area contributed by atoms with E-state index in [1.807, 2.05) is 82.5 Å². The number of carbonyl (C=O) groups excluding carboxylic acids is 4. The van der Waals surface area contributed by atoms with Gasteiger partial charge in [0.15, 0.2) is 0 Å². The molecule has 312 valence electrons. The van der Waals surface area contributed by atoms with Crippen molar-refractivity contribution in [3.05, 3.63) is 81.8 Å². The first-order chi connectivity index (χ1) is 27.2. The summed E-state index contributed by atoms with van der Waals surface area (Å²) in [6.07, 6.45) is -1.06. The number of benzene rings is 2. The zero-order valence-electron chi connectivity index (χ0n) is 34.3. The predicted octanol–water partition coefficient (Wildman–Crippen LogP) is 4.34. The molecule has 1 aliphatic heterocycles. The van der Waals surface area contributed by atoms with Crippen molar-refractivity contribution < 1.29 is 38.5 Å². The number of hydrogen-bond donors (Lipinski definition) is 4. The van der Waals surface area contributed by atoms with Gasteiger partial charge < -0.3 is 39.8 Å². The van der Waals surface area contributed by atoms with E-state index in [1.165, 1.54) is 18.4 Å². The van der Waals surface area contributed by atoms with Crippen molar-refractivity contribution in [2.24, 2.45) is 11.3 Å². The summed E-state index contributed by atoms with van der Waals surface area (Å²) in [6, 6.07) is 13.9. The molecule has 4 rings (SSSR count). The Morgan fingerprint density at radius 2 is 1.68 bits per heavy atom. The number of hydrogen-bond acceptors (Lipinski definition) is 11. The van der Waals surface area contributed by atoms with E-state index < -0.39 is 41.6 Å². The van der Waals surface area contributed by atoms with Gasteiger partial charge in [0.05, 0.1) is 45.2 Å². The van der Waals surface area contributed by atoms with Crippen LogP contribution < -0.4 is 20.8 Å². The molecule has 3 aromatic rings. The first kappa shape index (κ1) is 44.9. The highest BCUT2D eigenvalue weighted by Crippen LogP contribution is 2.24. The molecule has 57 heavy (non-hydrogen) atoms. The van der Waals surface area contributed by atoms with Crippen LogP contribution in [0.5, 0.6) is 5.75 Å². The molecule has 1 aromatic heterocycles. The molecule has 4 N–H and O–H groups in total. The Morgan fingerprint density at radius 1 is 0.982 bits per heavy atom. The van der Waals surface area contributed by atoms with E-state index in [-0.39, 0.29) is 37.4 Å². The molecule has 2 heterocycles. The van der Waals surface area contributed by atoms with Gasteiger partial charge in [0, 0.05) is 38.7 Å². The number of urea groups is 1. The molecule has 1 fully saturated rings. The molecule has 0 bridgehead atoms. The second-order valence-corrected chi connectivity index (χ2v) is 16.3. The van der Waals surface area contributed by atoms with Crippen LogP contribution in [0.25, 0.3) is 0 Å². The number of rotatable bonds is 20. The van der Waals surface area contributed by atoms with Crippen molar-refractivity contribution in [3.8, 4) is 5.75 Å². The molecule has 1 aliphatic rings. The molecule has 5 atom stereocenters. The number of ether oxygens (including phenoxy) is 3. The Labute approximate surface area is 340 Å². The number of aromatic nitrogens is 1. The standard InChI is InChI=1S/C41H59N7O8S/c1-9-27(2)35(48-20-19-46(40(48)53)23-30-26-57-34(42-30)25-54-6)37(50)43-32(21-28-13-11-10-12-14-28)33(49)24-47(22-29-15-17-31(55-7)18-16-29)45-38(51)36(41(3,4)5)44-39(52)56-8/h10-18,26-27,32-33,35-36,49H,9,19-25H2,1-8H3,(H,43,50)(H,44,52)(H,45,51). The second kappa shape index (κ2) is 21.1. The van der Waals surface area contributed by atoms with Gasteiger partial charge in [0.2, 0.25) is 5.91 Å². The smallest absolute Gasteiger partial charge is 0.407 e. The Kier molecular flexibility index (Phi) is 16.7. The van der Waals surface area contributed by atoms with E-state index in [0.29, 0.717) is 38.4 Å². The summed E-state index contributed by atoms with van der Waals surface area (Å²) in [4.78, 5) is 62.4. The van der Waals surface area contributed by atoms with Gasteiger partial charge in [-0.15, -0.1) is 11.3 Å².